The standard InChI is InChI=1S/C13H15ClN2O3/c1-13(15,7-2-3-7)12(19)16-8-4-5-9(11(17)18)10(14)6-8/h4-7H,2-3,15H2,1H3,(H,16,19)(H,17,18). The lowest BCUT2D eigenvalue weighted by Crippen LogP contribution is -2.50. The number of aromatic carboxylic acids is 1. The Kier molecular flexibility index (Phi) is 3.52. The quantitative estimate of drug-likeness (QED) is 0.788. The van der Waals surface area contributed by atoms with Crippen molar-refractivity contribution in [2.24, 2.45) is 11.7 Å². The van der Waals surface area contributed by atoms with Crippen LogP contribution in [0.2, 0.25) is 5.02 Å². The maximum absolute atomic E-state index is 12.1. The van der Waals surface area contributed by atoms with E-state index in [-0.39, 0.29) is 22.4 Å². The lowest BCUT2D eigenvalue weighted by molar-refractivity contribution is -0.121. The number of hydrogen-bond donors (Lipinski definition) is 3. The molecule has 1 aliphatic carbocycles. The van der Waals surface area contributed by atoms with Gasteiger partial charge in [-0.15, -0.1) is 0 Å². The lowest BCUT2D eigenvalue weighted by Gasteiger charge is -2.23. The maximum Gasteiger partial charge on any atom is 0.337 e. The first kappa shape index (κ1) is 13.8. The smallest absolute Gasteiger partial charge is 0.337 e. The molecular formula is C13H15ClN2O3. The van der Waals surface area contributed by atoms with Crippen molar-refractivity contribution >= 4 is 29.2 Å². The number of anilines is 1. The highest BCUT2D eigenvalue weighted by molar-refractivity contribution is 6.33. The fourth-order valence-electron chi connectivity index (χ4n) is 1.90. The highest BCUT2D eigenvalue weighted by atomic mass is 35.5. The molecule has 1 aromatic rings. The Balaban J connectivity index is 2.13. The number of amides is 1. The minimum Gasteiger partial charge on any atom is -0.478 e. The monoisotopic (exact) mass is 282 g/mol. The van der Waals surface area contributed by atoms with Gasteiger partial charge in [0.1, 0.15) is 0 Å². The van der Waals surface area contributed by atoms with E-state index in [0.29, 0.717) is 5.69 Å². The summed E-state index contributed by atoms with van der Waals surface area (Å²) in [5, 5.41) is 11.6. The molecule has 19 heavy (non-hydrogen) atoms. The number of carboxylic acid groups (broad SMARTS) is 1. The first-order valence-electron chi connectivity index (χ1n) is 5.95. The number of carboxylic acids is 1. The molecule has 1 saturated carbocycles. The second-order valence-electron chi connectivity index (χ2n) is 5.01. The highest BCUT2D eigenvalue weighted by Crippen LogP contribution is 2.38. The van der Waals surface area contributed by atoms with Gasteiger partial charge in [0.2, 0.25) is 5.91 Å². The molecule has 0 saturated heterocycles. The number of benzene rings is 1. The van der Waals surface area contributed by atoms with Crippen LogP contribution in [0.5, 0.6) is 0 Å². The van der Waals surface area contributed by atoms with Crippen LogP contribution in [0.1, 0.15) is 30.1 Å². The summed E-state index contributed by atoms with van der Waals surface area (Å²) in [5.41, 5.74) is 5.53. The lowest BCUT2D eigenvalue weighted by atomic mass is 9.96. The number of carbonyl (C=O) groups excluding carboxylic acids is 1. The molecule has 1 aromatic carbocycles. The molecule has 0 heterocycles. The third kappa shape index (κ3) is 2.88. The van der Waals surface area contributed by atoms with E-state index >= 15 is 0 Å². The van der Waals surface area contributed by atoms with E-state index in [4.69, 9.17) is 22.4 Å². The third-order valence-corrected chi connectivity index (χ3v) is 3.68. The number of rotatable bonds is 4. The summed E-state index contributed by atoms with van der Waals surface area (Å²) in [6.45, 7) is 1.70. The molecule has 0 aromatic heterocycles. The Hall–Kier alpha value is -1.59. The molecule has 0 radical (unpaired) electrons. The molecule has 1 amide bonds. The summed E-state index contributed by atoms with van der Waals surface area (Å²) in [5.74, 6) is -1.18. The van der Waals surface area contributed by atoms with Gasteiger partial charge in [0.15, 0.2) is 0 Å². The average Bonchev–Trinajstić information content (AvgIpc) is 3.12. The van der Waals surface area contributed by atoms with Gasteiger partial charge in [-0.1, -0.05) is 11.6 Å². The van der Waals surface area contributed by atoms with Crippen molar-refractivity contribution in [3.8, 4) is 0 Å². The second-order valence-corrected chi connectivity index (χ2v) is 5.42. The molecule has 1 atom stereocenters. The molecule has 6 heteroatoms. The number of hydrogen-bond acceptors (Lipinski definition) is 3. The molecule has 1 aliphatic rings. The van der Waals surface area contributed by atoms with Crippen LogP contribution < -0.4 is 11.1 Å². The first-order valence-corrected chi connectivity index (χ1v) is 6.33. The first-order chi connectivity index (χ1) is 8.82. The summed E-state index contributed by atoms with van der Waals surface area (Å²) in [7, 11) is 0. The Morgan fingerprint density at radius 2 is 2.11 bits per heavy atom. The molecule has 4 N–H and O–H groups in total. The molecule has 0 spiro atoms. The van der Waals surface area contributed by atoms with Crippen molar-refractivity contribution in [2.45, 2.75) is 25.3 Å². The third-order valence-electron chi connectivity index (χ3n) is 3.37. The Morgan fingerprint density at radius 3 is 2.58 bits per heavy atom. The van der Waals surface area contributed by atoms with Crippen molar-refractivity contribution in [3.63, 3.8) is 0 Å². The molecule has 102 valence electrons. The van der Waals surface area contributed by atoms with Gasteiger partial charge in [-0.2, -0.15) is 0 Å². The highest BCUT2D eigenvalue weighted by Gasteiger charge is 2.44. The zero-order valence-electron chi connectivity index (χ0n) is 10.4. The van der Waals surface area contributed by atoms with E-state index in [1.807, 2.05) is 0 Å². The van der Waals surface area contributed by atoms with Crippen LogP contribution >= 0.6 is 11.6 Å². The predicted octanol–water partition coefficient (Wildman–Crippen LogP) is 2.10. The van der Waals surface area contributed by atoms with Gasteiger partial charge in [0.05, 0.1) is 16.1 Å². The van der Waals surface area contributed by atoms with Crippen LogP contribution in [-0.4, -0.2) is 22.5 Å². The van der Waals surface area contributed by atoms with Crippen molar-refractivity contribution in [1.29, 1.82) is 0 Å². The van der Waals surface area contributed by atoms with Gasteiger partial charge in [-0.25, -0.2) is 4.79 Å². The number of nitrogens with one attached hydrogen (secondary N) is 1. The maximum atomic E-state index is 12.1. The normalized spacial score (nSPS) is 17.6. The molecule has 2 rings (SSSR count). The fourth-order valence-corrected chi connectivity index (χ4v) is 2.16. The zero-order chi connectivity index (χ0) is 14.2. The van der Waals surface area contributed by atoms with E-state index in [9.17, 15) is 9.59 Å². The largest absolute Gasteiger partial charge is 0.478 e. The van der Waals surface area contributed by atoms with Crippen molar-refractivity contribution in [3.05, 3.63) is 28.8 Å². The van der Waals surface area contributed by atoms with Crippen LogP contribution in [0, 0.1) is 5.92 Å². The molecule has 1 unspecified atom stereocenters. The van der Waals surface area contributed by atoms with Crippen molar-refractivity contribution in [1.82, 2.24) is 0 Å². The van der Waals surface area contributed by atoms with Crippen LogP contribution in [0.25, 0.3) is 0 Å². The van der Waals surface area contributed by atoms with E-state index in [2.05, 4.69) is 5.32 Å². The van der Waals surface area contributed by atoms with Crippen LogP contribution in [0.4, 0.5) is 5.69 Å². The fraction of sp³-hybridized carbons (Fsp3) is 0.385. The topological polar surface area (TPSA) is 92.4 Å². The van der Waals surface area contributed by atoms with E-state index in [1.54, 1.807) is 6.92 Å². The van der Waals surface area contributed by atoms with Crippen molar-refractivity contribution < 1.29 is 14.7 Å². The number of nitrogens with two attached hydrogens (primary N) is 1. The molecule has 0 aliphatic heterocycles. The summed E-state index contributed by atoms with van der Waals surface area (Å²) in [6, 6.07) is 4.26. The summed E-state index contributed by atoms with van der Waals surface area (Å²) in [4.78, 5) is 22.9. The van der Waals surface area contributed by atoms with Gasteiger partial charge in [0.25, 0.3) is 0 Å². The van der Waals surface area contributed by atoms with Gasteiger partial charge < -0.3 is 16.2 Å². The van der Waals surface area contributed by atoms with Gasteiger partial charge in [0, 0.05) is 5.69 Å². The minimum atomic E-state index is -1.11. The van der Waals surface area contributed by atoms with E-state index < -0.39 is 11.5 Å². The van der Waals surface area contributed by atoms with E-state index in [1.165, 1.54) is 18.2 Å². The summed E-state index contributed by atoms with van der Waals surface area (Å²) in [6.07, 6.45) is 1.91. The van der Waals surface area contributed by atoms with Gasteiger partial charge in [-0.3, -0.25) is 4.79 Å². The predicted molar refractivity (Wildman–Crippen MR) is 72.4 cm³/mol. The molecule has 0 bridgehead atoms. The Morgan fingerprint density at radius 1 is 1.47 bits per heavy atom. The Labute approximate surface area is 115 Å². The van der Waals surface area contributed by atoms with Crippen LogP contribution in [-0.2, 0) is 4.79 Å². The molecule has 5 nitrogen and oxygen atoms in total. The summed E-state index contributed by atoms with van der Waals surface area (Å²) < 4.78 is 0. The van der Waals surface area contributed by atoms with Gasteiger partial charge in [-0.05, 0) is 43.9 Å². The molecular weight excluding hydrogens is 268 g/mol. The van der Waals surface area contributed by atoms with Crippen LogP contribution in [0.3, 0.4) is 0 Å². The minimum absolute atomic E-state index is 0.00244. The number of halogens is 1. The zero-order valence-corrected chi connectivity index (χ0v) is 11.2. The average molecular weight is 283 g/mol. The van der Waals surface area contributed by atoms with Gasteiger partial charge >= 0.3 is 5.97 Å². The SMILES string of the molecule is CC(N)(C(=O)Nc1ccc(C(=O)O)c(Cl)c1)C1CC1. The van der Waals surface area contributed by atoms with E-state index in [0.717, 1.165) is 12.8 Å². The number of carbonyl (C=O) groups is 2. The van der Waals surface area contributed by atoms with Crippen molar-refractivity contribution in [2.75, 3.05) is 5.32 Å². The Bertz CT molecular complexity index is 539. The molecule has 1 fully saturated rings. The van der Waals surface area contributed by atoms with Crippen LogP contribution in [0.15, 0.2) is 18.2 Å². The second kappa shape index (κ2) is 4.83. The summed E-state index contributed by atoms with van der Waals surface area (Å²) >= 11 is 5.83.